The molecule has 32 heavy (non-hydrogen) atoms. The molecule has 164 valence electrons. The third-order valence-electron chi connectivity index (χ3n) is 5.30. The normalized spacial score (nSPS) is 18.0. The molecule has 1 saturated heterocycles. The Kier molecular flexibility index (Phi) is 5.80. The predicted octanol–water partition coefficient (Wildman–Crippen LogP) is 4.45. The maximum absolute atomic E-state index is 12.8. The Bertz CT molecular complexity index is 1170. The number of rotatable bonds is 6. The van der Waals surface area contributed by atoms with Gasteiger partial charge in [0, 0.05) is 15.5 Å². The number of carbonyl (C=O) groups excluding carboxylic acids is 3. The fourth-order valence-electron chi connectivity index (χ4n) is 3.47. The smallest absolute Gasteiger partial charge is 0.325 e. The van der Waals surface area contributed by atoms with Crippen LogP contribution >= 0.6 is 11.8 Å². The Morgan fingerprint density at radius 2 is 1.88 bits per heavy atom. The molecule has 0 aliphatic carbocycles. The lowest BCUT2D eigenvalue weighted by Crippen LogP contribution is -2.41. The molecule has 4 rings (SSSR count). The van der Waals surface area contributed by atoms with Gasteiger partial charge in [0.15, 0.2) is 5.54 Å². The number of furan rings is 1. The zero-order valence-corrected chi connectivity index (χ0v) is 18.8. The van der Waals surface area contributed by atoms with Crippen molar-refractivity contribution >= 4 is 35.3 Å². The van der Waals surface area contributed by atoms with E-state index in [1.807, 2.05) is 12.1 Å². The minimum atomic E-state index is -1.33. The van der Waals surface area contributed by atoms with E-state index in [2.05, 4.69) is 42.7 Å². The van der Waals surface area contributed by atoms with E-state index in [9.17, 15) is 14.4 Å². The summed E-state index contributed by atoms with van der Waals surface area (Å²) in [6.45, 7) is 5.30. The van der Waals surface area contributed by atoms with Crippen molar-refractivity contribution in [2.24, 2.45) is 0 Å². The molecule has 1 atom stereocenters. The first-order chi connectivity index (χ1) is 15.3. The van der Waals surface area contributed by atoms with Gasteiger partial charge in [-0.05, 0) is 74.4 Å². The summed E-state index contributed by atoms with van der Waals surface area (Å²) in [6.07, 6.45) is 1.43. The highest BCUT2D eigenvalue weighted by Crippen LogP contribution is 2.32. The van der Waals surface area contributed by atoms with Crippen LogP contribution in [0.1, 0.15) is 23.8 Å². The van der Waals surface area contributed by atoms with Crippen molar-refractivity contribution in [1.29, 1.82) is 0 Å². The molecule has 1 unspecified atom stereocenters. The fourth-order valence-corrected chi connectivity index (χ4v) is 4.47. The van der Waals surface area contributed by atoms with Gasteiger partial charge in [-0.1, -0.05) is 23.9 Å². The van der Waals surface area contributed by atoms with Gasteiger partial charge in [-0.25, -0.2) is 4.79 Å². The minimum absolute atomic E-state index is 0.315. The minimum Gasteiger partial charge on any atom is -0.466 e. The second-order valence-electron chi connectivity index (χ2n) is 7.87. The summed E-state index contributed by atoms with van der Waals surface area (Å²) in [6, 6.07) is 16.4. The van der Waals surface area contributed by atoms with Crippen molar-refractivity contribution in [2.75, 3.05) is 11.9 Å². The summed E-state index contributed by atoms with van der Waals surface area (Å²) in [5.74, 6) is -0.685. The highest BCUT2D eigenvalue weighted by Gasteiger charge is 2.51. The van der Waals surface area contributed by atoms with Crippen LogP contribution in [0.15, 0.2) is 75.1 Å². The zero-order valence-electron chi connectivity index (χ0n) is 18.0. The molecule has 1 aromatic heterocycles. The Labute approximate surface area is 190 Å². The van der Waals surface area contributed by atoms with Crippen LogP contribution < -0.4 is 10.6 Å². The van der Waals surface area contributed by atoms with Gasteiger partial charge in [-0.2, -0.15) is 0 Å². The summed E-state index contributed by atoms with van der Waals surface area (Å²) < 4.78 is 5.29. The molecule has 3 aromatic rings. The molecule has 0 radical (unpaired) electrons. The molecule has 2 aromatic carbocycles. The Balaban J connectivity index is 1.39. The topological polar surface area (TPSA) is 91.7 Å². The first-order valence-corrected chi connectivity index (χ1v) is 10.9. The molecule has 0 spiro atoms. The van der Waals surface area contributed by atoms with Gasteiger partial charge in [-0.15, -0.1) is 0 Å². The number of nitrogens with zero attached hydrogens (tertiary/aromatic N) is 1. The van der Waals surface area contributed by atoms with E-state index >= 15 is 0 Å². The Morgan fingerprint density at radius 1 is 1.12 bits per heavy atom. The third-order valence-corrected chi connectivity index (χ3v) is 6.47. The van der Waals surface area contributed by atoms with E-state index in [-0.39, 0.29) is 6.54 Å². The molecule has 1 aliphatic heterocycles. The first-order valence-electron chi connectivity index (χ1n) is 10.1. The number of hydrogen-bond donors (Lipinski definition) is 2. The quantitative estimate of drug-likeness (QED) is 0.543. The molecule has 1 aliphatic rings. The average Bonchev–Trinajstić information content (AvgIpc) is 3.37. The lowest BCUT2D eigenvalue weighted by atomic mass is 9.99. The van der Waals surface area contributed by atoms with Crippen LogP contribution in [-0.4, -0.2) is 29.3 Å². The van der Waals surface area contributed by atoms with Crippen LogP contribution in [0.3, 0.4) is 0 Å². The molecule has 0 saturated carbocycles. The zero-order chi connectivity index (χ0) is 22.9. The van der Waals surface area contributed by atoms with E-state index in [1.165, 1.54) is 22.3 Å². The van der Waals surface area contributed by atoms with Gasteiger partial charge in [0.05, 0.1) is 6.26 Å². The third kappa shape index (κ3) is 4.27. The second kappa shape index (κ2) is 8.55. The standard InChI is InChI=1S/C24H23N3O4S/c1-15-6-7-16(2)19(13-15)32-18-10-8-17(9-11-18)25-21(28)14-27-22(29)24(3,26-23(27)30)20-5-4-12-31-20/h4-13H,14H2,1-3H3,(H,25,28)(H,26,30). The van der Waals surface area contributed by atoms with Crippen LogP contribution in [0.2, 0.25) is 0 Å². The average molecular weight is 450 g/mol. The number of anilines is 1. The SMILES string of the molecule is Cc1ccc(C)c(Sc2ccc(NC(=O)CN3C(=O)NC(C)(c4ccco4)C3=O)cc2)c1. The fraction of sp³-hybridized carbons (Fsp3) is 0.208. The predicted molar refractivity (Wildman–Crippen MR) is 121 cm³/mol. The maximum atomic E-state index is 12.8. The van der Waals surface area contributed by atoms with Crippen LogP contribution in [0.4, 0.5) is 10.5 Å². The molecule has 2 heterocycles. The number of aryl methyl sites for hydroxylation is 2. The van der Waals surface area contributed by atoms with Gasteiger partial charge >= 0.3 is 6.03 Å². The van der Waals surface area contributed by atoms with Crippen molar-refractivity contribution < 1.29 is 18.8 Å². The monoisotopic (exact) mass is 449 g/mol. The van der Waals surface area contributed by atoms with Crippen molar-refractivity contribution in [2.45, 2.75) is 36.1 Å². The molecule has 7 nitrogen and oxygen atoms in total. The second-order valence-corrected chi connectivity index (χ2v) is 8.98. The number of carbonyl (C=O) groups is 3. The van der Waals surface area contributed by atoms with Crippen molar-refractivity contribution in [3.63, 3.8) is 0 Å². The van der Waals surface area contributed by atoms with E-state index in [1.54, 1.807) is 43.0 Å². The summed E-state index contributed by atoms with van der Waals surface area (Å²) in [5.41, 5.74) is 1.66. The molecular weight excluding hydrogens is 426 g/mol. The van der Waals surface area contributed by atoms with Gasteiger partial charge in [0.2, 0.25) is 5.91 Å². The van der Waals surface area contributed by atoms with Crippen LogP contribution in [0.25, 0.3) is 0 Å². The van der Waals surface area contributed by atoms with E-state index < -0.39 is 23.4 Å². The largest absolute Gasteiger partial charge is 0.466 e. The molecule has 8 heteroatoms. The number of amides is 4. The molecule has 1 fully saturated rings. The van der Waals surface area contributed by atoms with Gasteiger partial charge in [0.25, 0.3) is 5.91 Å². The highest BCUT2D eigenvalue weighted by atomic mass is 32.2. The van der Waals surface area contributed by atoms with Crippen LogP contribution in [0.5, 0.6) is 0 Å². The van der Waals surface area contributed by atoms with Crippen LogP contribution in [-0.2, 0) is 15.1 Å². The molecule has 2 N–H and O–H groups in total. The van der Waals surface area contributed by atoms with Crippen LogP contribution in [0, 0.1) is 13.8 Å². The highest BCUT2D eigenvalue weighted by molar-refractivity contribution is 7.99. The number of benzene rings is 2. The molecular formula is C24H23N3O4S. The molecule has 0 bridgehead atoms. The first kappa shape index (κ1) is 21.7. The van der Waals surface area contributed by atoms with Crippen molar-refractivity contribution in [3.8, 4) is 0 Å². The lowest BCUT2D eigenvalue weighted by molar-refractivity contribution is -0.134. The van der Waals surface area contributed by atoms with E-state index in [0.717, 1.165) is 9.80 Å². The van der Waals surface area contributed by atoms with E-state index in [0.29, 0.717) is 11.4 Å². The summed E-state index contributed by atoms with van der Waals surface area (Å²) in [4.78, 5) is 40.7. The Morgan fingerprint density at radius 3 is 2.56 bits per heavy atom. The van der Waals surface area contributed by atoms with Gasteiger partial charge < -0.3 is 15.1 Å². The number of nitrogens with one attached hydrogen (secondary N) is 2. The van der Waals surface area contributed by atoms with E-state index in [4.69, 9.17) is 4.42 Å². The lowest BCUT2D eigenvalue weighted by Gasteiger charge is -2.18. The van der Waals surface area contributed by atoms with Crippen molar-refractivity contribution in [3.05, 3.63) is 77.7 Å². The summed E-state index contributed by atoms with van der Waals surface area (Å²) >= 11 is 1.65. The van der Waals surface area contributed by atoms with Gasteiger partial charge in [0.1, 0.15) is 12.3 Å². The number of imide groups is 1. The van der Waals surface area contributed by atoms with Crippen molar-refractivity contribution in [1.82, 2.24) is 10.2 Å². The maximum Gasteiger partial charge on any atom is 0.325 e. The van der Waals surface area contributed by atoms with Gasteiger partial charge in [-0.3, -0.25) is 14.5 Å². The number of urea groups is 1. The summed E-state index contributed by atoms with van der Waals surface area (Å²) in [7, 11) is 0. The Hall–Kier alpha value is -3.52. The number of hydrogen-bond acceptors (Lipinski definition) is 5. The summed E-state index contributed by atoms with van der Waals surface area (Å²) in [5, 5.41) is 5.34. The molecule has 4 amide bonds.